The van der Waals surface area contributed by atoms with Crippen molar-refractivity contribution < 1.29 is 17.6 Å². The molecule has 2 aliphatic rings. The highest BCUT2D eigenvalue weighted by Gasteiger charge is 2.38. The zero-order chi connectivity index (χ0) is 16.2. The van der Waals surface area contributed by atoms with Crippen LogP contribution >= 0.6 is 0 Å². The van der Waals surface area contributed by atoms with Gasteiger partial charge in [-0.2, -0.15) is 0 Å². The van der Waals surface area contributed by atoms with Crippen molar-refractivity contribution in [1.82, 2.24) is 15.2 Å². The first-order chi connectivity index (χ1) is 10.9. The number of hydrogen-bond acceptors (Lipinski definition) is 6. The zero-order valence-corrected chi connectivity index (χ0v) is 13.5. The van der Waals surface area contributed by atoms with Crippen molar-refractivity contribution in [2.75, 3.05) is 19.3 Å². The number of furan rings is 1. The minimum atomic E-state index is -3.42. The molecule has 0 aromatic carbocycles. The topological polar surface area (TPSA) is 92.5 Å². The average Bonchev–Trinajstić information content (AvgIpc) is 3.20. The second kappa shape index (κ2) is 5.04. The van der Waals surface area contributed by atoms with Crippen LogP contribution in [0.15, 0.2) is 27.8 Å². The van der Waals surface area contributed by atoms with Gasteiger partial charge in [0.2, 0.25) is 14.9 Å². The molecule has 2 saturated heterocycles. The Morgan fingerprint density at radius 3 is 2.91 bits per heavy atom. The van der Waals surface area contributed by atoms with Crippen LogP contribution in [0.25, 0.3) is 11.0 Å². The predicted molar refractivity (Wildman–Crippen MR) is 82.7 cm³/mol. The number of nitrogens with zero attached hydrogens (tertiary/aromatic N) is 2. The number of nitrogens with one attached hydrogen (secondary N) is 1. The van der Waals surface area contributed by atoms with E-state index in [1.807, 2.05) is 0 Å². The molecule has 2 aromatic rings. The Hall–Kier alpha value is -1.93. The summed E-state index contributed by atoms with van der Waals surface area (Å²) in [5.74, 6) is 0.417. The highest BCUT2D eigenvalue weighted by Crippen LogP contribution is 2.31. The number of rotatable bonds is 3. The minimum Gasteiger partial charge on any atom is -0.445 e. The molecule has 0 radical (unpaired) electrons. The lowest BCUT2D eigenvalue weighted by molar-refractivity contribution is 0.0877. The van der Waals surface area contributed by atoms with Gasteiger partial charge in [0.15, 0.2) is 0 Å². The number of sulfone groups is 1. The van der Waals surface area contributed by atoms with E-state index in [-0.39, 0.29) is 22.9 Å². The SMILES string of the molecule is CS(=O)(=O)c1cc2cnc(C(=O)NC3CC4CCN3C4)cc2o1. The number of piperidine rings is 1. The molecule has 2 aromatic heterocycles. The van der Waals surface area contributed by atoms with Crippen molar-refractivity contribution in [2.24, 2.45) is 5.92 Å². The predicted octanol–water partition coefficient (Wildman–Crippen LogP) is 1.01. The summed E-state index contributed by atoms with van der Waals surface area (Å²) >= 11 is 0. The summed E-state index contributed by atoms with van der Waals surface area (Å²) in [4.78, 5) is 18.8. The lowest BCUT2D eigenvalue weighted by Crippen LogP contribution is -2.45. The smallest absolute Gasteiger partial charge is 0.271 e. The third-order valence-electron chi connectivity index (χ3n) is 4.59. The molecule has 0 aliphatic carbocycles. The number of pyridine rings is 1. The van der Waals surface area contributed by atoms with E-state index >= 15 is 0 Å². The van der Waals surface area contributed by atoms with E-state index in [4.69, 9.17) is 4.42 Å². The van der Waals surface area contributed by atoms with Crippen LogP contribution in [0.1, 0.15) is 23.3 Å². The molecule has 122 valence electrons. The van der Waals surface area contributed by atoms with E-state index in [0.717, 1.165) is 25.8 Å². The molecule has 23 heavy (non-hydrogen) atoms. The van der Waals surface area contributed by atoms with Gasteiger partial charge in [-0.1, -0.05) is 0 Å². The third kappa shape index (κ3) is 2.61. The Kier molecular flexibility index (Phi) is 3.21. The Morgan fingerprint density at radius 1 is 1.43 bits per heavy atom. The summed E-state index contributed by atoms with van der Waals surface area (Å²) in [6, 6.07) is 2.91. The van der Waals surface area contributed by atoms with E-state index in [2.05, 4.69) is 15.2 Å². The molecule has 4 heterocycles. The Morgan fingerprint density at radius 2 is 2.26 bits per heavy atom. The molecule has 2 fully saturated rings. The summed E-state index contributed by atoms with van der Waals surface area (Å²) < 4.78 is 28.4. The first kappa shape index (κ1) is 14.6. The third-order valence-corrected chi connectivity index (χ3v) is 5.52. The van der Waals surface area contributed by atoms with Crippen LogP contribution in [0.2, 0.25) is 0 Å². The van der Waals surface area contributed by atoms with E-state index in [1.54, 1.807) is 0 Å². The molecule has 1 amide bonds. The molecule has 1 N–H and O–H groups in total. The summed E-state index contributed by atoms with van der Waals surface area (Å²) in [7, 11) is -3.42. The maximum absolute atomic E-state index is 12.4. The summed E-state index contributed by atoms with van der Waals surface area (Å²) in [6.07, 6.45) is 4.80. The van der Waals surface area contributed by atoms with Gasteiger partial charge in [0, 0.05) is 43.1 Å². The van der Waals surface area contributed by atoms with Gasteiger partial charge in [-0.25, -0.2) is 8.42 Å². The molecule has 0 saturated carbocycles. The van der Waals surface area contributed by atoms with Gasteiger partial charge < -0.3 is 9.73 Å². The lowest BCUT2D eigenvalue weighted by Gasteiger charge is -2.25. The van der Waals surface area contributed by atoms with Gasteiger partial charge in [0.05, 0.1) is 6.17 Å². The summed E-state index contributed by atoms with van der Waals surface area (Å²) in [5, 5.41) is 3.43. The minimum absolute atomic E-state index is 0.0712. The van der Waals surface area contributed by atoms with Crippen molar-refractivity contribution in [1.29, 1.82) is 0 Å². The Balaban J connectivity index is 1.57. The van der Waals surface area contributed by atoms with Crippen molar-refractivity contribution in [2.45, 2.75) is 24.1 Å². The average molecular weight is 335 g/mol. The van der Waals surface area contributed by atoms with Crippen LogP contribution < -0.4 is 5.32 Å². The molecule has 7 nitrogen and oxygen atoms in total. The summed E-state index contributed by atoms with van der Waals surface area (Å²) in [5.41, 5.74) is 0.578. The molecular formula is C15H17N3O4S. The fourth-order valence-corrected chi connectivity index (χ4v) is 3.98. The number of amides is 1. The molecule has 3 unspecified atom stereocenters. The number of carbonyl (C=O) groups is 1. The van der Waals surface area contributed by atoms with Crippen LogP contribution in [0, 0.1) is 5.92 Å². The number of aromatic nitrogens is 1. The van der Waals surface area contributed by atoms with E-state index in [9.17, 15) is 13.2 Å². The molecular weight excluding hydrogens is 318 g/mol. The largest absolute Gasteiger partial charge is 0.445 e. The number of hydrogen-bond donors (Lipinski definition) is 1. The first-order valence-electron chi connectivity index (χ1n) is 7.55. The van der Waals surface area contributed by atoms with E-state index < -0.39 is 9.84 Å². The van der Waals surface area contributed by atoms with Crippen LogP contribution in [-0.2, 0) is 9.84 Å². The van der Waals surface area contributed by atoms with Gasteiger partial charge in [-0.3, -0.25) is 14.7 Å². The number of fused-ring (bicyclic) bond motifs is 3. The van der Waals surface area contributed by atoms with Crippen molar-refractivity contribution in [3.05, 3.63) is 24.0 Å². The number of carbonyl (C=O) groups excluding carboxylic acids is 1. The molecule has 8 heteroatoms. The molecule has 4 rings (SSSR count). The highest BCUT2D eigenvalue weighted by molar-refractivity contribution is 7.90. The van der Waals surface area contributed by atoms with Gasteiger partial charge in [0.1, 0.15) is 11.3 Å². The lowest BCUT2D eigenvalue weighted by atomic mass is 10.0. The normalized spacial score (nSPS) is 26.7. The van der Waals surface area contributed by atoms with E-state index in [1.165, 1.54) is 24.8 Å². The highest BCUT2D eigenvalue weighted by atomic mass is 32.2. The second-order valence-electron chi connectivity index (χ2n) is 6.32. The Labute approximate surface area is 133 Å². The van der Waals surface area contributed by atoms with Crippen LogP contribution in [0.4, 0.5) is 0 Å². The van der Waals surface area contributed by atoms with Gasteiger partial charge in [0.25, 0.3) is 5.91 Å². The van der Waals surface area contributed by atoms with Crippen molar-refractivity contribution >= 4 is 26.7 Å². The Bertz CT molecular complexity index is 889. The monoisotopic (exact) mass is 335 g/mol. The zero-order valence-electron chi connectivity index (χ0n) is 12.7. The van der Waals surface area contributed by atoms with E-state index in [0.29, 0.717) is 16.9 Å². The van der Waals surface area contributed by atoms with Crippen LogP contribution in [-0.4, -0.2) is 49.7 Å². The van der Waals surface area contributed by atoms with Gasteiger partial charge in [-0.15, -0.1) is 0 Å². The molecule has 3 atom stereocenters. The fraction of sp³-hybridized carbons (Fsp3) is 0.467. The van der Waals surface area contributed by atoms with Gasteiger partial charge in [-0.05, 0) is 18.8 Å². The summed E-state index contributed by atoms with van der Waals surface area (Å²) in [6.45, 7) is 2.07. The maximum atomic E-state index is 12.4. The standard InChI is InChI=1S/C15H17N3O4S/c1-23(20,21)14-5-10-7-16-11(6-12(10)22-14)15(19)17-13-4-9-2-3-18(13)8-9/h5-7,9,13H,2-4,8H2,1H3,(H,17,19). The molecule has 2 aliphatic heterocycles. The van der Waals surface area contributed by atoms with Crippen LogP contribution in [0.3, 0.4) is 0 Å². The maximum Gasteiger partial charge on any atom is 0.271 e. The quantitative estimate of drug-likeness (QED) is 0.900. The molecule has 0 spiro atoms. The molecule has 2 bridgehead atoms. The second-order valence-corrected chi connectivity index (χ2v) is 8.27. The van der Waals surface area contributed by atoms with Crippen molar-refractivity contribution in [3.8, 4) is 0 Å². The first-order valence-corrected chi connectivity index (χ1v) is 9.44. The van der Waals surface area contributed by atoms with Gasteiger partial charge >= 0.3 is 0 Å². The van der Waals surface area contributed by atoms with Crippen LogP contribution in [0.5, 0.6) is 0 Å². The fourth-order valence-electron chi connectivity index (χ4n) is 3.39. The van der Waals surface area contributed by atoms with Crippen molar-refractivity contribution in [3.63, 3.8) is 0 Å².